The van der Waals surface area contributed by atoms with Crippen LogP contribution in [-0.4, -0.2) is 22.1 Å². The number of nitrogens with two attached hydrogens (primary N) is 1. The van der Waals surface area contributed by atoms with E-state index in [1.165, 1.54) is 5.56 Å². The van der Waals surface area contributed by atoms with Gasteiger partial charge in [0.15, 0.2) is 0 Å². The lowest BCUT2D eigenvalue weighted by atomic mass is 10.1. The van der Waals surface area contributed by atoms with E-state index in [0.717, 1.165) is 30.8 Å². The lowest BCUT2D eigenvalue weighted by Gasteiger charge is -2.19. The SMILES string of the molecule is CC(C)(N)COc1ncnc2c1CCC2. The van der Waals surface area contributed by atoms with Crippen LogP contribution in [0.2, 0.25) is 0 Å². The van der Waals surface area contributed by atoms with Crippen molar-refractivity contribution in [1.29, 1.82) is 0 Å². The molecule has 4 heteroatoms. The molecule has 0 radical (unpaired) electrons. The fraction of sp³-hybridized carbons (Fsp3) is 0.636. The summed E-state index contributed by atoms with van der Waals surface area (Å²) < 4.78 is 5.64. The first-order valence-corrected chi connectivity index (χ1v) is 5.31. The molecule has 2 N–H and O–H groups in total. The van der Waals surface area contributed by atoms with Crippen molar-refractivity contribution in [2.75, 3.05) is 6.61 Å². The van der Waals surface area contributed by atoms with Crippen molar-refractivity contribution in [3.8, 4) is 5.88 Å². The molecule has 0 saturated heterocycles. The summed E-state index contributed by atoms with van der Waals surface area (Å²) in [5.41, 5.74) is 7.84. The van der Waals surface area contributed by atoms with Gasteiger partial charge in [-0.2, -0.15) is 0 Å². The van der Waals surface area contributed by atoms with E-state index in [-0.39, 0.29) is 5.54 Å². The van der Waals surface area contributed by atoms with E-state index in [2.05, 4.69) is 9.97 Å². The van der Waals surface area contributed by atoms with Crippen LogP contribution in [0.15, 0.2) is 6.33 Å². The standard InChI is InChI=1S/C11H17N3O/c1-11(2,12)6-15-10-8-4-3-5-9(8)13-7-14-10/h7H,3-6,12H2,1-2H3. The lowest BCUT2D eigenvalue weighted by molar-refractivity contribution is 0.233. The highest BCUT2D eigenvalue weighted by atomic mass is 16.5. The molecule has 0 aromatic carbocycles. The maximum Gasteiger partial charge on any atom is 0.219 e. The number of hydrogen-bond acceptors (Lipinski definition) is 4. The number of aromatic nitrogens is 2. The second kappa shape index (κ2) is 3.77. The molecule has 0 atom stereocenters. The predicted molar refractivity (Wildman–Crippen MR) is 57.8 cm³/mol. The molecule has 1 aromatic heterocycles. The normalized spacial score (nSPS) is 15.1. The molecular formula is C11H17N3O. The second-order valence-electron chi connectivity index (χ2n) is 4.73. The third-order valence-corrected chi connectivity index (χ3v) is 2.42. The van der Waals surface area contributed by atoms with Gasteiger partial charge in [0.2, 0.25) is 5.88 Å². The van der Waals surface area contributed by atoms with Crippen molar-refractivity contribution >= 4 is 0 Å². The van der Waals surface area contributed by atoms with E-state index in [0.29, 0.717) is 6.61 Å². The Kier molecular flexibility index (Phi) is 2.61. The molecule has 0 aliphatic heterocycles. The summed E-state index contributed by atoms with van der Waals surface area (Å²) in [4.78, 5) is 8.41. The molecule has 82 valence electrons. The van der Waals surface area contributed by atoms with Crippen molar-refractivity contribution < 1.29 is 4.74 Å². The molecule has 0 spiro atoms. The average Bonchev–Trinajstić information content (AvgIpc) is 2.61. The average molecular weight is 207 g/mol. The summed E-state index contributed by atoms with van der Waals surface area (Å²) in [6.07, 6.45) is 4.79. The van der Waals surface area contributed by atoms with Crippen LogP contribution in [0.5, 0.6) is 5.88 Å². The van der Waals surface area contributed by atoms with E-state index in [9.17, 15) is 0 Å². The maximum absolute atomic E-state index is 5.86. The fourth-order valence-electron chi connectivity index (χ4n) is 1.71. The van der Waals surface area contributed by atoms with Crippen LogP contribution in [0.4, 0.5) is 0 Å². The Hall–Kier alpha value is -1.16. The first-order chi connectivity index (χ1) is 7.06. The molecule has 0 fully saturated rings. The van der Waals surface area contributed by atoms with Gasteiger partial charge >= 0.3 is 0 Å². The Balaban J connectivity index is 2.12. The van der Waals surface area contributed by atoms with Crippen LogP contribution < -0.4 is 10.5 Å². The zero-order valence-corrected chi connectivity index (χ0v) is 9.29. The van der Waals surface area contributed by atoms with Crippen LogP contribution in [0.1, 0.15) is 31.5 Å². The minimum Gasteiger partial charge on any atom is -0.475 e. The first-order valence-electron chi connectivity index (χ1n) is 5.31. The second-order valence-corrected chi connectivity index (χ2v) is 4.73. The third-order valence-electron chi connectivity index (χ3n) is 2.42. The zero-order chi connectivity index (χ0) is 10.9. The molecule has 1 aromatic rings. The molecule has 2 rings (SSSR count). The molecule has 0 amide bonds. The summed E-state index contributed by atoms with van der Waals surface area (Å²) in [7, 11) is 0. The van der Waals surface area contributed by atoms with E-state index in [4.69, 9.17) is 10.5 Å². The van der Waals surface area contributed by atoms with Gasteiger partial charge in [0, 0.05) is 11.1 Å². The Labute approximate surface area is 89.9 Å². The summed E-state index contributed by atoms with van der Waals surface area (Å²) in [5.74, 6) is 0.719. The third kappa shape index (κ3) is 2.45. The topological polar surface area (TPSA) is 61.0 Å². The van der Waals surface area contributed by atoms with Crippen LogP contribution in [0.25, 0.3) is 0 Å². The zero-order valence-electron chi connectivity index (χ0n) is 9.29. The molecule has 1 heterocycles. The van der Waals surface area contributed by atoms with Crippen molar-refractivity contribution in [3.05, 3.63) is 17.6 Å². The minimum atomic E-state index is -0.323. The highest BCUT2D eigenvalue weighted by Gasteiger charge is 2.19. The number of nitrogens with zero attached hydrogens (tertiary/aromatic N) is 2. The molecular weight excluding hydrogens is 190 g/mol. The lowest BCUT2D eigenvalue weighted by Crippen LogP contribution is -2.39. The summed E-state index contributed by atoms with van der Waals surface area (Å²) >= 11 is 0. The molecule has 0 bridgehead atoms. The van der Waals surface area contributed by atoms with Gasteiger partial charge in [0.25, 0.3) is 0 Å². The van der Waals surface area contributed by atoms with E-state index < -0.39 is 0 Å². The van der Waals surface area contributed by atoms with E-state index in [1.54, 1.807) is 6.33 Å². The Morgan fingerprint density at radius 3 is 2.93 bits per heavy atom. The van der Waals surface area contributed by atoms with Crippen molar-refractivity contribution in [2.24, 2.45) is 5.73 Å². The van der Waals surface area contributed by atoms with Crippen molar-refractivity contribution in [3.63, 3.8) is 0 Å². The van der Waals surface area contributed by atoms with Crippen LogP contribution >= 0.6 is 0 Å². The number of hydrogen-bond donors (Lipinski definition) is 1. The van der Waals surface area contributed by atoms with Gasteiger partial charge in [-0.05, 0) is 33.1 Å². The monoisotopic (exact) mass is 207 g/mol. The van der Waals surface area contributed by atoms with E-state index in [1.807, 2.05) is 13.8 Å². The largest absolute Gasteiger partial charge is 0.475 e. The van der Waals surface area contributed by atoms with Crippen molar-refractivity contribution in [2.45, 2.75) is 38.6 Å². The van der Waals surface area contributed by atoms with Gasteiger partial charge in [-0.25, -0.2) is 9.97 Å². The van der Waals surface area contributed by atoms with Gasteiger partial charge in [0.1, 0.15) is 12.9 Å². The Morgan fingerprint density at radius 1 is 1.40 bits per heavy atom. The molecule has 0 unspecified atom stereocenters. The Morgan fingerprint density at radius 2 is 2.20 bits per heavy atom. The molecule has 1 aliphatic rings. The summed E-state index contributed by atoms with van der Waals surface area (Å²) in [6, 6.07) is 0. The quantitative estimate of drug-likeness (QED) is 0.805. The molecule has 15 heavy (non-hydrogen) atoms. The fourth-order valence-corrected chi connectivity index (χ4v) is 1.71. The predicted octanol–water partition coefficient (Wildman–Crippen LogP) is 1.08. The van der Waals surface area contributed by atoms with Crippen molar-refractivity contribution in [1.82, 2.24) is 9.97 Å². The highest BCUT2D eigenvalue weighted by molar-refractivity contribution is 5.33. The van der Waals surface area contributed by atoms with Gasteiger partial charge in [-0.1, -0.05) is 0 Å². The minimum absolute atomic E-state index is 0.323. The molecule has 4 nitrogen and oxygen atoms in total. The van der Waals surface area contributed by atoms with Gasteiger partial charge in [-0.15, -0.1) is 0 Å². The highest BCUT2D eigenvalue weighted by Crippen LogP contribution is 2.26. The number of fused-ring (bicyclic) bond motifs is 1. The van der Waals surface area contributed by atoms with Crippen LogP contribution in [-0.2, 0) is 12.8 Å². The number of ether oxygens (including phenoxy) is 1. The molecule has 1 aliphatic carbocycles. The summed E-state index contributed by atoms with van der Waals surface area (Å²) in [5, 5.41) is 0. The smallest absolute Gasteiger partial charge is 0.219 e. The van der Waals surface area contributed by atoms with Crippen LogP contribution in [0.3, 0.4) is 0 Å². The van der Waals surface area contributed by atoms with Gasteiger partial charge in [0.05, 0.1) is 5.69 Å². The first kappa shape index (κ1) is 10.4. The molecule has 0 saturated carbocycles. The number of aryl methyl sites for hydroxylation is 1. The van der Waals surface area contributed by atoms with Gasteiger partial charge < -0.3 is 10.5 Å². The summed E-state index contributed by atoms with van der Waals surface area (Å²) in [6.45, 7) is 4.36. The maximum atomic E-state index is 5.86. The Bertz CT molecular complexity index is 357. The van der Waals surface area contributed by atoms with E-state index >= 15 is 0 Å². The number of rotatable bonds is 3. The van der Waals surface area contributed by atoms with Crippen LogP contribution in [0, 0.1) is 0 Å². The van der Waals surface area contributed by atoms with Gasteiger partial charge in [-0.3, -0.25) is 0 Å².